The molecule has 13 heavy (non-hydrogen) atoms. The SMILES string of the molecule is Cc1sc(Cl)nc1C(=O)NC1CC1. The van der Waals surface area contributed by atoms with Gasteiger partial charge in [0.05, 0.1) is 0 Å². The maximum atomic E-state index is 11.5. The largest absolute Gasteiger partial charge is 0.348 e. The van der Waals surface area contributed by atoms with E-state index >= 15 is 0 Å². The molecule has 0 saturated heterocycles. The van der Waals surface area contributed by atoms with E-state index in [0.717, 1.165) is 17.7 Å². The van der Waals surface area contributed by atoms with E-state index in [9.17, 15) is 4.79 Å². The number of aromatic nitrogens is 1. The van der Waals surface area contributed by atoms with E-state index in [0.29, 0.717) is 16.2 Å². The van der Waals surface area contributed by atoms with Crippen LogP contribution in [0.4, 0.5) is 0 Å². The third kappa shape index (κ3) is 2.00. The van der Waals surface area contributed by atoms with Crippen LogP contribution in [0.3, 0.4) is 0 Å². The number of carbonyl (C=O) groups excluding carboxylic acids is 1. The number of halogens is 1. The first kappa shape index (κ1) is 8.97. The fourth-order valence-corrected chi connectivity index (χ4v) is 2.11. The molecule has 1 aromatic rings. The van der Waals surface area contributed by atoms with Crippen molar-refractivity contribution in [3.05, 3.63) is 15.0 Å². The molecular weight excluding hydrogens is 208 g/mol. The van der Waals surface area contributed by atoms with Crippen molar-refractivity contribution in [3.63, 3.8) is 0 Å². The second kappa shape index (κ2) is 3.27. The zero-order chi connectivity index (χ0) is 9.42. The van der Waals surface area contributed by atoms with Crippen LogP contribution < -0.4 is 5.32 Å². The zero-order valence-electron chi connectivity index (χ0n) is 7.13. The Hall–Kier alpha value is -0.610. The number of carbonyl (C=O) groups is 1. The lowest BCUT2D eigenvalue weighted by molar-refractivity contribution is 0.0946. The topological polar surface area (TPSA) is 42.0 Å². The fourth-order valence-electron chi connectivity index (χ4n) is 1.06. The Morgan fingerprint density at radius 1 is 1.69 bits per heavy atom. The molecular formula is C8H9ClN2OS. The van der Waals surface area contributed by atoms with Crippen molar-refractivity contribution >= 4 is 28.8 Å². The van der Waals surface area contributed by atoms with E-state index in [1.54, 1.807) is 0 Å². The predicted octanol–water partition coefficient (Wildman–Crippen LogP) is 2.00. The molecule has 3 nitrogen and oxygen atoms in total. The van der Waals surface area contributed by atoms with E-state index in [2.05, 4.69) is 10.3 Å². The van der Waals surface area contributed by atoms with Crippen molar-refractivity contribution in [1.82, 2.24) is 10.3 Å². The Balaban J connectivity index is 2.13. The number of thiazole rings is 1. The summed E-state index contributed by atoms with van der Waals surface area (Å²) in [4.78, 5) is 16.3. The van der Waals surface area contributed by atoms with Gasteiger partial charge in [0.15, 0.2) is 4.47 Å². The Morgan fingerprint density at radius 2 is 2.38 bits per heavy atom. The first-order valence-electron chi connectivity index (χ1n) is 4.10. The Kier molecular flexibility index (Phi) is 2.26. The lowest BCUT2D eigenvalue weighted by atomic mass is 10.3. The highest BCUT2D eigenvalue weighted by Crippen LogP contribution is 2.23. The average molecular weight is 217 g/mol. The Morgan fingerprint density at radius 3 is 2.85 bits per heavy atom. The van der Waals surface area contributed by atoms with Crippen LogP contribution in [0.5, 0.6) is 0 Å². The monoisotopic (exact) mass is 216 g/mol. The minimum absolute atomic E-state index is 0.0943. The Labute approximate surface area is 85.1 Å². The summed E-state index contributed by atoms with van der Waals surface area (Å²) >= 11 is 7.03. The van der Waals surface area contributed by atoms with E-state index in [1.165, 1.54) is 11.3 Å². The van der Waals surface area contributed by atoms with Gasteiger partial charge in [-0.05, 0) is 19.8 Å². The lowest BCUT2D eigenvalue weighted by Crippen LogP contribution is -2.26. The van der Waals surface area contributed by atoms with Crippen molar-refractivity contribution in [2.45, 2.75) is 25.8 Å². The highest BCUT2D eigenvalue weighted by molar-refractivity contribution is 7.15. The molecule has 0 bridgehead atoms. The van der Waals surface area contributed by atoms with Crippen molar-refractivity contribution < 1.29 is 4.79 Å². The molecule has 0 unspecified atom stereocenters. The van der Waals surface area contributed by atoms with Crippen LogP contribution in [0.15, 0.2) is 0 Å². The number of amides is 1. The van der Waals surface area contributed by atoms with Gasteiger partial charge in [0.25, 0.3) is 5.91 Å². The van der Waals surface area contributed by atoms with Gasteiger partial charge < -0.3 is 5.32 Å². The molecule has 5 heteroatoms. The molecule has 1 fully saturated rings. The van der Waals surface area contributed by atoms with Crippen molar-refractivity contribution in [2.24, 2.45) is 0 Å². The number of rotatable bonds is 2. The first-order chi connectivity index (χ1) is 6.16. The summed E-state index contributed by atoms with van der Waals surface area (Å²) in [7, 11) is 0. The van der Waals surface area contributed by atoms with Crippen molar-refractivity contribution in [3.8, 4) is 0 Å². The fraction of sp³-hybridized carbons (Fsp3) is 0.500. The van der Waals surface area contributed by atoms with E-state index in [-0.39, 0.29) is 5.91 Å². The molecule has 2 rings (SSSR count). The Bertz CT molecular complexity index is 346. The van der Waals surface area contributed by atoms with Crippen LogP contribution in [0.25, 0.3) is 0 Å². The van der Waals surface area contributed by atoms with Gasteiger partial charge in [-0.2, -0.15) is 0 Å². The van der Waals surface area contributed by atoms with Gasteiger partial charge >= 0.3 is 0 Å². The van der Waals surface area contributed by atoms with Crippen LogP contribution in [0.2, 0.25) is 4.47 Å². The summed E-state index contributed by atoms with van der Waals surface area (Å²) in [5, 5.41) is 2.87. The molecule has 1 amide bonds. The second-order valence-electron chi connectivity index (χ2n) is 3.12. The van der Waals surface area contributed by atoms with Crippen LogP contribution >= 0.6 is 22.9 Å². The number of nitrogens with zero attached hydrogens (tertiary/aromatic N) is 1. The molecule has 1 aliphatic rings. The summed E-state index contributed by atoms with van der Waals surface area (Å²) in [5.41, 5.74) is 0.474. The van der Waals surface area contributed by atoms with Gasteiger partial charge in [-0.25, -0.2) is 4.98 Å². The number of hydrogen-bond donors (Lipinski definition) is 1. The van der Waals surface area contributed by atoms with Gasteiger partial charge in [0, 0.05) is 10.9 Å². The average Bonchev–Trinajstić information content (AvgIpc) is 2.77. The molecule has 1 N–H and O–H groups in total. The van der Waals surface area contributed by atoms with Gasteiger partial charge in [-0.15, -0.1) is 11.3 Å². The van der Waals surface area contributed by atoms with Crippen LogP contribution in [0.1, 0.15) is 28.2 Å². The summed E-state index contributed by atoms with van der Waals surface area (Å²) < 4.78 is 0.429. The quantitative estimate of drug-likeness (QED) is 0.822. The molecule has 0 aromatic carbocycles. The van der Waals surface area contributed by atoms with Crippen LogP contribution in [-0.2, 0) is 0 Å². The summed E-state index contributed by atoms with van der Waals surface area (Å²) in [6.45, 7) is 1.85. The summed E-state index contributed by atoms with van der Waals surface area (Å²) in [5.74, 6) is -0.0943. The van der Waals surface area contributed by atoms with Crippen LogP contribution in [-0.4, -0.2) is 16.9 Å². The van der Waals surface area contributed by atoms with Gasteiger partial charge in [0.1, 0.15) is 5.69 Å². The maximum absolute atomic E-state index is 11.5. The maximum Gasteiger partial charge on any atom is 0.271 e. The number of hydrogen-bond acceptors (Lipinski definition) is 3. The number of nitrogens with one attached hydrogen (secondary N) is 1. The van der Waals surface area contributed by atoms with E-state index < -0.39 is 0 Å². The van der Waals surface area contributed by atoms with Crippen molar-refractivity contribution in [2.75, 3.05) is 0 Å². The highest BCUT2D eigenvalue weighted by atomic mass is 35.5. The first-order valence-corrected chi connectivity index (χ1v) is 5.30. The number of aryl methyl sites for hydroxylation is 1. The predicted molar refractivity (Wildman–Crippen MR) is 52.3 cm³/mol. The van der Waals surface area contributed by atoms with Gasteiger partial charge in [-0.1, -0.05) is 11.6 Å². The lowest BCUT2D eigenvalue weighted by Gasteiger charge is -1.99. The third-order valence-electron chi connectivity index (χ3n) is 1.90. The standard InChI is InChI=1S/C8H9ClN2OS/c1-4-6(11-8(9)13-4)7(12)10-5-2-3-5/h5H,2-3H2,1H3,(H,10,12). The van der Waals surface area contributed by atoms with Gasteiger partial charge in [0.2, 0.25) is 0 Å². The molecule has 1 heterocycles. The summed E-state index contributed by atoms with van der Waals surface area (Å²) in [6.07, 6.45) is 2.17. The normalized spacial score (nSPS) is 15.8. The van der Waals surface area contributed by atoms with Crippen LogP contribution in [0, 0.1) is 6.92 Å². The van der Waals surface area contributed by atoms with E-state index in [4.69, 9.17) is 11.6 Å². The van der Waals surface area contributed by atoms with E-state index in [1.807, 2.05) is 6.92 Å². The molecule has 70 valence electrons. The van der Waals surface area contributed by atoms with Crippen molar-refractivity contribution in [1.29, 1.82) is 0 Å². The molecule has 0 radical (unpaired) electrons. The molecule has 0 aliphatic heterocycles. The minimum Gasteiger partial charge on any atom is -0.348 e. The second-order valence-corrected chi connectivity index (χ2v) is 4.90. The highest BCUT2D eigenvalue weighted by Gasteiger charge is 2.25. The molecule has 1 aliphatic carbocycles. The minimum atomic E-state index is -0.0943. The summed E-state index contributed by atoms with van der Waals surface area (Å²) in [6, 6.07) is 0.368. The van der Waals surface area contributed by atoms with Gasteiger partial charge in [-0.3, -0.25) is 4.79 Å². The third-order valence-corrected chi connectivity index (χ3v) is 2.97. The molecule has 0 spiro atoms. The molecule has 0 atom stereocenters. The zero-order valence-corrected chi connectivity index (χ0v) is 8.71. The molecule has 1 saturated carbocycles. The smallest absolute Gasteiger partial charge is 0.271 e. The molecule has 1 aromatic heterocycles.